The van der Waals surface area contributed by atoms with Crippen LogP contribution in [-0.4, -0.2) is 11.0 Å². The van der Waals surface area contributed by atoms with E-state index in [-0.39, 0.29) is 16.8 Å². The first-order valence-corrected chi connectivity index (χ1v) is 6.15. The van der Waals surface area contributed by atoms with Crippen molar-refractivity contribution in [2.45, 2.75) is 32.2 Å². The molecule has 1 atom stereocenters. The lowest BCUT2D eigenvalue weighted by atomic mass is 10.1. The average Bonchev–Trinajstić information content (AvgIpc) is 3.00. The minimum atomic E-state index is -0.436. The van der Waals surface area contributed by atoms with Crippen molar-refractivity contribution in [1.29, 1.82) is 0 Å². The maximum Gasteiger partial charge on any atom is 0.310 e. The minimum Gasteiger partial charge on any atom is -0.377 e. The van der Waals surface area contributed by atoms with Gasteiger partial charge in [0.2, 0.25) is 0 Å². The predicted molar refractivity (Wildman–Crippen MR) is 68.5 cm³/mol. The summed E-state index contributed by atoms with van der Waals surface area (Å²) in [4.78, 5) is 10.5. The lowest BCUT2D eigenvalue weighted by Crippen LogP contribution is -2.16. The molecule has 0 spiro atoms. The number of nitrogens with one attached hydrogen (secondary N) is 1. The van der Waals surface area contributed by atoms with Crippen molar-refractivity contribution in [2.75, 3.05) is 5.32 Å². The van der Waals surface area contributed by atoms with Gasteiger partial charge in [-0.25, -0.2) is 0 Å². The molecule has 1 aliphatic rings. The molecule has 1 aliphatic carbocycles. The Morgan fingerprint density at radius 1 is 1.59 bits per heavy atom. The van der Waals surface area contributed by atoms with Crippen LogP contribution in [0.1, 0.15) is 26.2 Å². The fraction of sp³-hybridized carbons (Fsp3) is 0.500. The summed E-state index contributed by atoms with van der Waals surface area (Å²) in [5.74, 6) is 0.788. The normalized spacial score (nSPS) is 16.6. The lowest BCUT2D eigenvalue weighted by molar-refractivity contribution is -0.383. The largest absolute Gasteiger partial charge is 0.377 e. The van der Waals surface area contributed by atoms with Crippen molar-refractivity contribution in [1.82, 2.24) is 0 Å². The first-order chi connectivity index (χ1) is 8.08. The maximum atomic E-state index is 10.9. The average molecular weight is 255 g/mol. The van der Waals surface area contributed by atoms with E-state index in [1.54, 1.807) is 12.1 Å². The van der Waals surface area contributed by atoms with Crippen LogP contribution in [0.3, 0.4) is 0 Å². The van der Waals surface area contributed by atoms with E-state index in [0.717, 1.165) is 12.3 Å². The molecular formula is C12H15ClN2O2. The maximum absolute atomic E-state index is 10.9. The zero-order valence-electron chi connectivity index (χ0n) is 9.65. The van der Waals surface area contributed by atoms with Gasteiger partial charge in [0.05, 0.1) is 4.92 Å². The van der Waals surface area contributed by atoms with Crippen LogP contribution in [0, 0.1) is 16.0 Å². The standard InChI is InChI=1S/C12H15ClN2O2/c1-8(7-9-5-6-9)14-11-4-2-3-10(13)12(11)15(16)17/h2-4,8-9,14H,5-7H2,1H3. The highest BCUT2D eigenvalue weighted by Crippen LogP contribution is 2.36. The van der Waals surface area contributed by atoms with Crippen molar-refractivity contribution in [2.24, 2.45) is 5.92 Å². The van der Waals surface area contributed by atoms with Crippen LogP contribution < -0.4 is 5.32 Å². The predicted octanol–water partition coefficient (Wildman–Crippen LogP) is 3.85. The van der Waals surface area contributed by atoms with Crippen molar-refractivity contribution >= 4 is 23.0 Å². The molecular weight excluding hydrogens is 240 g/mol. The number of halogens is 1. The van der Waals surface area contributed by atoms with Gasteiger partial charge in [-0.3, -0.25) is 10.1 Å². The Kier molecular flexibility index (Phi) is 3.52. The highest BCUT2D eigenvalue weighted by atomic mass is 35.5. The Hall–Kier alpha value is -1.29. The quantitative estimate of drug-likeness (QED) is 0.641. The molecule has 0 aliphatic heterocycles. The summed E-state index contributed by atoms with van der Waals surface area (Å²) in [6.45, 7) is 2.04. The van der Waals surface area contributed by atoms with Crippen LogP contribution in [0.2, 0.25) is 5.02 Å². The number of nitro groups is 1. The number of hydrogen-bond donors (Lipinski definition) is 1. The Balaban J connectivity index is 2.13. The van der Waals surface area contributed by atoms with Crippen LogP contribution in [0.15, 0.2) is 18.2 Å². The molecule has 1 aromatic rings. The molecule has 0 radical (unpaired) electrons. The number of anilines is 1. The molecule has 0 aromatic heterocycles. The number of nitrogens with zero attached hydrogens (tertiary/aromatic N) is 1. The summed E-state index contributed by atoms with van der Waals surface area (Å²) in [6, 6.07) is 5.20. The highest BCUT2D eigenvalue weighted by Gasteiger charge is 2.25. The molecule has 2 rings (SSSR count). The van der Waals surface area contributed by atoms with Crippen LogP contribution in [0.4, 0.5) is 11.4 Å². The van der Waals surface area contributed by atoms with E-state index in [1.807, 2.05) is 6.92 Å². The zero-order chi connectivity index (χ0) is 12.4. The number of rotatable bonds is 5. The third-order valence-electron chi connectivity index (χ3n) is 2.96. The second-order valence-electron chi connectivity index (χ2n) is 4.62. The van der Waals surface area contributed by atoms with E-state index in [2.05, 4.69) is 5.32 Å². The number of benzene rings is 1. The summed E-state index contributed by atoms with van der Waals surface area (Å²) in [6.07, 6.45) is 3.62. The van der Waals surface area contributed by atoms with Crippen LogP contribution >= 0.6 is 11.6 Å². The molecule has 0 heterocycles. The van der Waals surface area contributed by atoms with Gasteiger partial charge in [0.25, 0.3) is 0 Å². The molecule has 92 valence electrons. The Bertz CT molecular complexity index is 433. The van der Waals surface area contributed by atoms with Crippen molar-refractivity contribution < 1.29 is 4.92 Å². The monoisotopic (exact) mass is 254 g/mol. The second kappa shape index (κ2) is 4.92. The third-order valence-corrected chi connectivity index (χ3v) is 3.26. The molecule has 1 saturated carbocycles. The van der Waals surface area contributed by atoms with Gasteiger partial charge in [-0.15, -0.1) is 0 Å². The van der Waals surface area contributed by atoms with Gasteiger partial charge in [0, 0.05) is 6.04 Å². The number of nitro benzene ring substituents is 1. The molecule has 0 amide bonds. The van der Waals surface area contributed by atoms with Crippen LogP contribution in [0.25, 0.3) is 0 Å². The Morgan fingerprint density at radius 2 is 2.29 bits per heavy atom. The van der Waals surface area contributed by atoms with Crippen LogP contribution in [0.5, 0.6) is 0 Å². The summed E-state index contributed by atoms with van der Waals surface area (Å²) < 4.78 is 0. The topological polar surface area (TPSA) is 55.2 Å². The van der Waals surface area contributed by atoms with E-state index in [9.17, 15) is 10.1 Å². The van der Waals surface area contributed by atoms with Gasteiger partial charge in [0.1, 0.15) is 10.7 Å². The summed E-state index contributed by atoms with van der Waals surface area (Å²) in [5.41, 5.74) is 0.479. The van der Waals surface area contributed by atoms with Gasteiger partial charge in [-0.05, 0) is 31.4 Å². The van der Waals surface area contributed by atoms with E-state index in [0.29, 0.717) is 5.69 Å². The van der Waals surface area contributed by atoms with E-state index in [1.165, 1.54) is 18.9 Å². The Labute approximate surface area is 105 Å². The molecule has 1 unspecified atom stereocenters. The number of para-hydroxylation sites is 1. The first-order valence-electron chi connectivity index (χ1n) is 5.77. The molecule has 1 fully saturated rings. The van der Waals surface area contributed by atoms with E-state index < -0.39 is 4.92 Å². The molecule has 5 heteroatoms. The van der Waals surface area contributed by atoms with Crippen molar-refractivity contribution in [3.8, 4) is 0 Å². The summed E-state index contributed by atoms with van der Waals surface area (Å²) in [5, 5.41) is 14.3. The Morgan fingerprint density at radius 3 is 2.88 bits per heavy atom. The SMILES string of the molecule is CC(CC1CC1)Nc1cccc(Cl)c1[N+](=O)[O-]. The molecule has 4 nitrogen and oxygen atoms in total. The molecule has 1 N–H and O–H groups in total. The third kappa shape index (κ3) is 3.09. The zero-order valence-corrected chi connectivity index (χ0v) is 10.4. The number of hydrogen-bond acceptors (Lipinski definition) is 3. The minimum absolute atomic E-state index is 0.0307. The van der Waals surface area contributed by atoms with Crippen molar-refractivity contribution in [3.63, 3.8) is 0 Å². The lowest BCUT2D eigenvalue weighted by Gasteiger charge is -2.15. The molecule has 17 heavy (non-hydrogen) atoms. The fourth-order valence-corrected chi connectivity index (χ4v) is 2.24. The van der Waals surface area contributed by atoms with Gasteiger partial charge in [0.15, 0.2) is 0 Å². The van der Waals surface area contributed by atoms with Crippen LogP contribution in [-0.2, 0) is 0 Å². The van der Waals surface area contributed by atoms with Gasteiger partial charge >= 0.3 is 5.69 Å². The van der Waals surface area contributed by atoms with Gasteiger partial charge < -0.3 is 5.32 Å². The molecule has 1 aromatic carbocycles. The van der Waals surface area contributed by atoms with E-state index >= 15 is 0 Å². The first kappa shape index (κ1) is 12.2. The van der Waals surface area contributed by atoms with Gasteiger partial charge in [-0.2, -0.15) is 0 Å². The smallest absolute Gasteiger partial charge is 0.310 e. The van der Waals surface area contributed by atoms with Gasteiger partial charge in [-0.1, -0.05) is 30.5 Å². The second-order valence-corrected chi connectivity index (χ2v) is 5.02. The molecule has 0 bridgehead atoms. The molecule has 0 saturated heterocycles. The summed E-state index contributed by atoms with van der Waals surface area (Å²) in [7, 11) is 0. The summed E-state index contributed by atoms with van der Waals surface area (Å²) >= 11 is 5.84. The van der Waals surface area contributed by atoms with Crippen molar-refractivity contribution in [3.05, 3.63) is 33.3 Å². The highest BCUT2D eigenvalue weighted by molar-refractivity contribution is 6.33. The van der Waals surface area contributed by atoms with E-state index in [4.69, 9.17) is 11.6 Å². The fourth-order valence-electron chi connectivity index (χ4n) is 2.00.